The molecule has 110 valence electrons. The fourth-order valence-corrected chi connectivity index (χ4v) is 1.58. The molecule has 0 aliphatic rings. The Kier molecular flexibility index (Phi) is 5.09. The summed E-state index contributed by atoms with van der Waals surface area (Å²) in [6.45, 7) is -2.55. The second-order valence-corrected chi connectivity index (χ2v) is 4.08. The van der Waals surface area contributed by atoms with Crippen molar-refractivity contribution in [2.24, 2.45) is 0 Å². The summed E-state index contributed by atoms with van der Waals surface area (Å²) in [5, 5.41) is 2.65. The van der Waals surface area contributed by atoms with Crippen LogP contribution in [-0.4, -0.2) is 12.5 Å². The van der Waals surface area contributed by atoms with Crippen LogP contribution in [0.3, 0.4) is 0 Å². The van der Waals surface area contributed by atoms with Gasteiger partial charge in [0, 0.05) is 6.08 Å². The van der Waals surface area contributed by atoms with E-state index in [2.05, 4.69) is 10.1 Å². The molecule has 0 aliphatic carbocycles. The Hall–Kier alpha value is -2.63. The molecule has 1 amide bonds. The molecule has 0 spiro atoms. The van der Waals surface area contributed by atoms with Gasteiger partial charge < -0.3 is 14.5 Å². The lowest BCUT2D eigenvalue weighted by Crippen LogP contribution is -2.19. The Morgan fingerprint density at radius 1 is 1.29 bits per heavy atom. The molecule has 0 saturated carbocycles. The highest BCUT2D eigenvalue weighted by molar-refractivity contribution is 5.91. The number of ether oxygens (including phenoxy) is 1. The van der Waals surface area contributed by atoms with Crippen LogP contribution in [0.25, 0.3) is 6.08 Å². The minimum atomic E-state index is -2.85. The van der Waals surface area contributed by atoms with E-state index in [4.69, 9.17) is 4.42 Å². The maximum atomic E-state index is 12.0. The second kappa shape index (κ2) is 7.23. The third-order valence-corrected chi connectivity index (χ3v) is 2.55. The first kappa shape index (κ1) is 14.8. The Balaban J connectivity index is 1.83. The molecule has 1 aromatic heterocycles. The summed E-state index contributed by atoms with van der Waals surface area (Å²) in [5.41, 5.74) is 0.699. The second-order valence-electron chi connectivity index (χ2n) is 4.08. The van der Waals surface area contributed by atoms with Crippen molar-refractivity contribution < 1.29 is 22.7 Å². The molecule has 0 radical (unpaired) electrons. The van der Waals surface area contributed by atoms with E-state index in [0.29, 0.717) is 17.9 Å². The molecule has 0 unspecified atom stereocenters. The van der Waals surface area contributed by atoms with E-state index in [1.54, 1.807) is 30.3 Å². The number of nitrogens with one attached hydrogen (secondary N) is 1. The van der Waals surface area contributed by atoms with Gasteiger partial charge in [0.1, 0.15) is 11.5 Å². The molecule has 0 fully saturated rings. The molecule has 1 N–H and O–H groups in total. The minimum absolute atomic E-state index is 0.0735. The summed E-state index contributed by atoms with van der Waals surface area (Å²) >= 11 is 0. The number of benzene rings is 1. The van der Waals surface area contributed by atoms with Gasteiger partial charge in [0.25, 0.3) is 0 Å². The Labute approximate surface area is 120 Å². The van der Waals surface area contributed by atoms with Crippen LogP contribution in [0.1, 0.15) is 11.3 Å². The topological polar surface area (TPSA) is 51.5 Å². The van der Waals surface area contributed by atoms with Gasteiger partial charge >= 0.3 is 6.61 Å². The standard InChI is InChI=1S/C15H13F2NO3/c16-15(17)21-12-6-3-11(4-7-12)5-8-14(19)18-10-13-2-1-9-20-13/h1-9,15H,10H2,(H,18,19)/b8-5+. The van der Waals surface area contributed by atoms with E-state index in [1.165, 1.54) is 24.5 Å². The largest absolute Gasteiger partial charge is 0.467 e. The number of carbonyl (C=O) groups excluding carboxylic acids is 1. The molecule has 6 heteroatoms. The summed E-state index contributed by atoms with van der Waals surface area (Å²) in [6, 6.07) is 9.47. The lowest BCUT2D eigenvalue weighted by molar-refractivity contribution is -0.116. The average molecular weight is 293 g/mol. The summed E-state index contributed by atoms with van der Waals surface area (Å²) in [6.07, 6.45) is 4.45. The Bertz CT molecular complexity index is 592. The zero-order valence-electron chi connectivity index (χ0n) is 11.0. The van der Waals surface area contributed by atoms with Crippen molar-refractivity contribution in [1.82, 2.24) is 5.32 Å². The van der Waals surface area contributed by atoms with Crippen LogP contribution in [0, 0.1) is 0 Å². The molecule has 1 aromatic carbocycles. The Morgan fingerprint density at radius 2 is 2.05 bits per heavy atom. The molecule has 21 heavy (non-hydrogen) atoms. The van der Waals surface area contributed by atoms with Crippen molar-refractivity contribution in [2.75, 3.05) is 0 Å². The predicted molar refractivity (Wildman–Crippen MR) is 72.7 cm³/mol. The SMILES string of the molecule is O=C(/C=C/c1ccc(OC(F)F)cc1)NCc1ccco1. The molecule has 2 rings (SSSR count). The smallest absolute Gasteiger partial charge is 0.387 e. The Morgan fingerprint density at radius 3 is 2.67 bits per heavy atom. The van der Waals surface area contributed by atoms with Crippen LogP contribution in [0.2, 0.25) is 0 Å². The first-order valence-corrected chi connectivity index (χ1v) is 6.16. The van der Waals surface area contributed by atoms with E-state index in [0.717, 1.165) is 0 Å². The number of carbonyl (C=O) groups is 1. The number of halogens is 2. The number of rotatable bonds is 6. The lowest BCUT2D eigenvalue weighted by atomic mass is 10.2. The molecule has 0 bridgehead atoms. The first-order valence-electron chi connectivity index (χ1n) is 6.16. The van der Waals surface area contributed by atoms with Crippen LogP contribution in [-0.2, 0) is 11.3 Å². The highest BCUT2D eigenvalue weighted by atomic mass is 19.3. The van der Waals surface area contributed by atoms with Gasteiger partial charge in [-0.05, 0) is 35.9 Å². The lowest BCUT2D eigenvalue weighted by Gasteiger charge is -2.03. The van der Waals surface area contributed by atoms with Gasteiger partial charge in [0.2, 0.25) is 5.91 Å². The number of amides is 1. The van der Waals surface area contributed by atoms with Crippen LogP contribution in [0.4, 0.5) is 8.78 Å². The molecule has 0 atom stereocenters. The van der Waals surface area contributed by atoms with Crippen LogP contribution >= 0.6 is 0 Å². The van der Waals surface area contributed by atoms with Crippen molar-refractivity contribution in [3.63, 3.8) is 0 Å². The van der Waals surface area contributed by atoms with Gasteiger partial charge in [0.05, 0.1) is 12.8 Å². The third kappa shape index (κ3) is 5.10. The molecule has 1 heterocycles. The molecular weight excluding hydrogens is 280 g/mol. The van der Waals surface area contributed by atoms with E-state index in [-0.39, 0.29) is 11.7 Å². The molecule has 4 nitrogen and oxygen atoms in total. The van der Waals surface area contributed by atoms with Crippen molar-refractivity contribution in [2.45, 2.75) is 13.2 Å². The van der Waals surface area contributed by atoms with Gasteiger partial charge in [-0.3, -0.25) is 4.79 Å². The van der Waals surface area contributed by atoms with Crippen LogP contribution in [0.15, 0.2) is 53.2 Å². The van der Waals surface area contributed by atoms with Gasteiger partial charge in [-0.25, -0.2) is 0 Å². The predicted octanol–water partition coefficient (Wildman–Crippen LogP) is 3.21. The van der Waals surface area contributed by atoms with Crippen molar-refractivity contribution in [3.8, 4) is 5.75 Å². The van der Waals surface area contributed by atoms with E-state index in [1.807, 2.05) is 0 Å². The maximum Gasteiger partial charge on any atom is 0.387 e. The van der Waals surface area contributed by atoms with Gasteiger partial charge in [0.15, 0.2) is 0 Å². The summed E-state index contributed by atoms with van der Waals surface area (Å²) < 4.78 is 33.3. The summed E-state index contributed by atoms with van der Waals surface area (Å²) in [4.78, 5) is 11.6. The van der Waals surface area contributed by atoms with Crippen LogP contribution in [0.5, 0.6) is 5.75 Å². The highest BCUT2D eigenvalue weighted by Gasteiger charge is 2.03. The van der Waals surface area contributed by atoms with Crippen LogP contribution < -0.4 is 10.1 Å². The molecular formula is C15H13F2NO3. The van der Waals surface area contributed by atoms with E-state index >= 15 is 0 Å². The maximum absolute atomic E-state index is 12.0. The first-order chi connectivity index (χ1) is 10.1. The number of hydrogen-bond donors (Lipinski definition) is 1. The monoisotopic (exact) mass is 293 g/mol. The van der Waals surface area contributed by atoms with Gasteiger partial charge in [-0.15, -0.1) is 0 Å². The third-order valence-electron chi connectivity index (χ3n) is 2.55. The number of furan rings is 1. The van der Waals surface area contributed by atoms with Gasteiger partial charge in [-0.2, -0.15) is 8.78 Å². The quantitative estimate of drug-likeness (QED) is 0.832. The minimum Gasteiger partial charge on any atom is -0.467 e. The average Bonchev–Trinajstić information content (AvgIpc) is 2.97. The zero-order chi connectivity index (χ0) is 15.1. The van der Waals surface area contributed by atoms with E-state index in [9.17, 15) is 13.6 Å². The molecule has 0 aliphatic heterocycles. The van der Waals surface area contributed by atoms with Crippen molar-refractivity contribution in [3.05, 3.63) is 60.1 Å². The summed E-state index contributed by atoms with van der Waals surface area (Å²) in [5.74, 6) is 0.453. The summed E-state index contributed by atoms with van der Waals surface area (Å²) in [7, 11) is 0. The zero-order valence-corrected chi connectivity index (χ0v) is 11.0. The highest BCUT2D eigenvalue weighted by Crippen LogP contribution is 2.15. The number of alkyl halides is 2. The van der Waals surface area contributed by atoms with Crippen molar-refractivity contribution >= 4 is 12.0 Å². The fourth-order valence-electron chi connectivity index (χ4n) is 1.58. The van der Waals surface area contributed by atoms with Crippen molar-refractivity contribution in [1.29, 1.82) is 0 Å². The number of hydrogen-bond acceptors (Lipinski definition) is 3. The normalized spacial score (nSPS) is 11.0. The van der Waals surface area contributed by atoms with Gasteiger partial charge in [-0.1, -0.05) is 12.1 Å². The van der Waals surface area contributed by atoms with E-state index < -0.39 is 6.61 Å². The fraction of sp³-hybridized carbons (Fsp3) is 0.133. The molecule has 0 saturated heterocycles. The molecule has 2 aromatic rings.